The van der Waals surface area contributed by atoms with Gasteiger partial charge in [0.05, 0.1) is 17.7 Å². The Bertz CT molecular complexity index is 966. The molecule has 0 fully saturated rings. The summed E-state index contributed by atoms with van der Waals surface area (Å²) in [6.07, 6.45) is 3.80. The molecule has 0 heterocycles. The number of carbonyl (C=O) groups is 2. The fourth-order valence-electron chi connectivity index (χ4n) is 2.30. The normalized spacial score (nSPS) is 10.3. The number of carbonyl (C=O) groups excluding carboxylic acids is 2. The minimum Gasteiger partial charge on any atom is -0.493 e. The van der Waals surface area contributed by atoms with Gasteiger partial charge in [-0.25, -0.2) is 4.79 Å². The van der Waals surface area contributed by atoms with E-state index in [0.29, 0.717) is 22.7 Å². The molecule has 0 atom stereocenters. The smallest absolute Gasteiger partial charge is 0.344 e. The van der Waals surface area contributed by atoms with Gasteiger partial charge in [0.25, 0.3) is 5.91 Å². The Morgan fingerprint density at radius 2 is 1.97 bits per heavy atom. The number of amides is 1. The number of halogens is 1. The highest BCUT2D eigenvalue weighted by Crippen LogP contribution is 2.28. The summed E-state index contributed by atoms with van der Waals surface area (Å²) >= 11 is 5.90. The van der Waals surface area contributed by atoms with Gasteiger partial charge in [0.15, 0.2) is 24.7 Å². The van der Waals surface area contributed by atoms with E-state index in [1.165, 1.54) is 25.3 Å². The number of nitrogens with one attached hydrogen (secondary N) is 1. The van der Waals surface area contributed by atoms with E-state index in [-0.39, 0.29) is 11.6 Å². The topological polar surface area (TPSA) is 97.6 Å². The van der Waals surface area contributed by atoms with Crippen molar-refractivity contribution >= 4 is 35.2 Å². The van der Waals surface area contributed by atoms with Crippen molar-refractivity contribution in [3.63, 3.8) is 0 Å². The van der Waals surface area contributed by atoms with Crippen molar-refractivity contribution in [2.24, 2.45) is 0 Å². The molecule has 0 radical (unpaired) electrons. The Kier molecular flexibility index (Phi) is 8.07. The molecular formula is C21H19ClN2O5. The first-order chi connectivity index (χ1) is 14.0. The van der Waals surface area contributed by atoms with E-state index in [2.05, 4.69) is 5.32 Å². The predicted molar refractivity (Wildman–Crippen MR) is 109 cm³/mol. The van der Waals surface area contributed by atoms with Crippen molar-refractivity contribution in [2.75, 3.05) is 25.6 Å². The summed E-state index contributed by atoms with van der Waals surface area (Å²) in [6.45, 7) is 1.03. The fraction of sp³-hybridized carbons (Fsp3) is 0.190. The van der Waals surface area contributed by atoms with Gasteiger partial charge in [-0.2, -0.15) is 5.26 Å². The molecule has 8 heteroatoms. The fourth-order valence-corrected chi connectivity index (χ4v) is 2.53. The number of esters is 1. The first-order valence-corrected chi connectivity index (χ1v) is 8.93. The summed E-state index contributed by atoms with van der Waals surface area (Å²) in [5, 5.41) is 11.6. The van der Waals surface area contributed by atoms with Crippen molar-refractivity contribution in [1.82, 2.24) is 0 Å². The van der Waals surface area contributed by atoms with Crippen LogP contribution in [0.5, 0.6) is 11.5 Å². The molecule has 0 saturated heterocycles. The number of allylic oxidation sites excluding steroid dienone is 1. The second-order valence-electron chi connectivity index (χ2n) is 5.71. The molecule has 29 heavy (non-hydrogen) atoms. The number of anilines is 1. The molecule has 2 rings (SSSR count). The highest BCUT2D eigenvalue weighted by molar-refractivity contribution is 6.32. The molecule has 0 aliphatic carbocycles. The maximum Gasteiger partial charge on any atom is 0.344 e. The number of hydrogen-bond acceptors (Lipinski definition) is 6. The Balaban J connectivity index is 1.83. The zero-order chi connectivity index (χ0) is 21.2. The predicted octanol–water partition coefficient (Wildman–Crippen LogP) is 3.81. The molecule has 7 nitrogen and oxygen atoms in total. The van der Waals surface area contributed by atoms with E-state index in [1.807, 2.05) is 31.2 Å². The van der Waals surface area contributed by atoms with Crippen LogP contribution in [-0.4, -0.2) is 32.2 Å². The van der Waals surface area contributed by atoms with Gasteiger partial charge in [0.1, 0.15) is 6.07 Å². The van der Waals surface area contributed by atoms with Crippen LogP contribution in [0.1, 0.15) is 18.1 Å². The van der Waals surface area contributed by atoms with E-state index in [0.717, 1.165) is 5.56 Å². The number of ether oxygens (including phenoxy) is 3. The summed E-state index contributed by atoms with van der Waals surface area (Å²) in [5.41, 5.74) is 1.61. The number of benzene rings is 2. The van der Waals surface area contributed by atoms with E-state index >= 15 is 0 Å². The average molecular weight is 415 g/mol. The summed E-state index contributed by atoms with van der Waals surface area (Å²) < 4.78 is 15.6. The maximum atomic E-state index is 11.9. The molecule has 2 aromatic carbocycles. The largest absolute Gasteiger partial charge is 0.493 e. The Labute approximate surface area is 173 Å². The number of methoxy groups -OCH3 is 1. The van der Waals surface area contributed by atoms with Crippen molar-refractivity contribution in [2.45, 2.75) is 6.92 Å². The number of nitrogens with zero attached hydrogens (tertiary/aromatic N) is 1. The van der Waals surface area contributed by atoms with E-state index < -0.39 is 18.5 Å². The lowest BCUT2D eigenvalue weighted by molar-refractivity contribution is -0.149. The first kappa shape index (κ1) is 21.8. The Hall–Kier alpha value is -3.50. The van der Waals surface area contributed by atoms with Crippen LogP contribution in [-0.2, 0) is 14.3 Å². The van der Waals surface area contributed by atoms with Gasteiger partial charge >= 0.3 is 5.97 Å². The van der Waals surface area contributed by atoms with Crippen LogP contribution in [0.15, 0.2) is 42.5 Å². The highest BCUT2D eigenvalue weighted by Gasteiger charge is 2.12. The van der Waals surface area contributed by atoms with Crippen LogP contribution in [0.25, 0.3) is 6.08 Å². The Morgan fingerprint density at radius 1 is 1.17 bits per heavy atom. The van der Waals surface area contributed by atoms with Crippen LogP contribution in [0, 0.1) is 11.3 Å². The second kappa shape index (κ2) is 10.7. The van der Waals surface area contributed by atoms with Crippen molar-refractivity contribution < 1.29 is 23.8 Å². The van der Waals surface area contributed by atoms with Crippen molar-refractivity contribution in [3.05, 3.63) is 58.6 Å². The average Bonchev–Trinajstić information content (AvgIpc) is 2.71. The standard InChI is InChI=1S/C21H19ClN2O5/c1-3-4-14-5-8-18(19(9-14)27-2)28-13-21(26)29-12-20(25)24-16-7-6-15(11-23)17(22)10-16/h3-10H,12-13H2,1-2H3,(H,24,25)/b4-3+. The van der Waals surface area contributed by atoms with E-state index in [4.69, 9.17) is 31.1 Å². The summed E-state index contributed by atoms with van der Waals surface area (Å²) in [4.78, 5) is 23.7. The third-order valence-electron chi connectivity index (χ3n) is 3.63. The summed E-state index contributed by atoms with van der Waals surface area (Å²) in [6, 6.07) is 11.6. The molecule has 0 aromatic heterocycles. The summed E-state index contributed by atoms with van der Waals surface area (Å²) in [5.74, 6) is -0.400. The van der Waals surface area contributed by atoms with Gasteiger partial charge in [-0.15, -0.1) is 0 Å². The van der Waals surface area contributed by atoms with Crippen molar-refractivity contribution in [1.29, 1.82) is 5.26 Å². The van der Waals surface area contributed by atoms with Crippen LogP contribution < -0.4 is 14.8 Å². The maximum absolute atomic E-state index is 11.9. The van der Waals surface area contributed by atoms with Gasteiger partial charge in [0.2, 0.25) is 0 Å². The molecule has 1 N–H and O–H groups in total. The Morgan fingerprint density at radius 3 is 2.62 bits per heavy atom. The zero-order valence-electron chi connectivity index (χ0n) is 15.9. The molecular weight excluding hydrogens is 396 g/mol. The monoisotopic (exact) mass is 414 g/mol. The zero-order valence-corrected chi connectivity index (χ0v) is 16.7. The third-order valence-corrected chi connectivity index (χ3v) is 3.94. The van der Waals surface area contributed by atoms with Gasteiger partial charge in [-0.3, -0.25) is 4.79 Å². The number of nitriles is 1. The molecule has 0 bridgehead atoms. The molecule has 0 spiro atoms. The molecule has 150 valence electrons. The van der Waals surface area contributed by atoms with E-state index in [1.54, 1.807) is 12.1 Å². The minimum atomic E-state index is -0.711. The minimum absolute atomic E-state index is 0.213. The van der Waals surface area contributed by atoms with Gasteiger partial charge in [-0.1, -0.05) is 29.8 Å². The van der Waals surface area contributed by atoms with Crippen LogP contribution in [0.2, 0.25) is 5.02 Å². The molecule has 2 aromatic rings. The van der Waals surface area contributed by atoms with E-state index in [9.17, 15) is 9.59 Å². The summed E-state index contributed by atoms with van der Waals surface area (Å²) in [7, 11) is 1.50. The molecule has 0 unspecified atom stereocenters. The molecule has 0 aliphatic rings. The SMILES string of the molecule is C/C=C/c1ccc(OCC(=O)OCC(=O)Nc2ccc(C#N)c(Cl)c2)c(OC)c1. The van der Waals surface area contributed by atoms with Crippen molar-refractivity contribution in [3.8, 4) is 17.6 Å². The van der Waals surface area contributed by atoms with Gasteiger partial charge in [0, 0.05) is 5.69 Å². The van der Waals surface area contributed by atoms with Crippen LogP contribution in [0.4, 0.5) is 5.69 Å². The number of hydrogen-bond donors (Lipinski definition) is 1. The second-order valence-corrected chi connectivity index (χ2v) is 6.12. The first-order valence-electron chi connectivity index (χ1n) is 8.55. The lowest BCUT2D eigenvalue weighted by Crippen LogP contribution is -2.23. The lowest BCUT2D eigenvalue weighted by atomic mass is 10.2. The quantitative estimate of drug-likeness (QED) is 0.659. The van der Waals surface area contributed by atoms with Gasteiger partial charge < -0.3 is 19.5 Å². The van der Waals surface area contributed by atoms with Crippen LogP contribution in [0.3, 0.4) is 0 Å². The molecule has 0 aliphatic heterocycles. The molecule has 0 saturated carbocycles. The van der Waals surface area contributed by atoms with Gasteiger partial charge in [-0.05, 0) is 42.8 Å². The lowest BCUT2D eigenvalue weighted by Gasteiger charge is -2.11. The number of rotatable bonds is 8. The van der Waals surface area contributed by atoms with Crippen LogP contribution >= 0.6 is 11.6 Å². The highest BCUT2D eigenvalue weighted by atomic mass is 35.5. The third kappa shape index (κ3) is 6.55. The molecule has 1 amide bonds.